The maximum Gasteiger partial charge on any atom is 0.267 e. The SMILES string of the molecule is C=CC(=O)NC(C)(C)CS(=O)(=O)O.[NH4+]. The van der Waals surface area contributed by atoms with Gasteiger partial charge in [0.1, 0.15) is 0 Å². The largest absolute Gasteiger partial charge is 0.369 e. The fourth-order valence-electron chi connectivity index (χ4n) is 0.877. The number of hydrogen-bond acceptors (Lipinski definition) is 3. The van der Waals surface area contributed by atoms with E-state index in [1.54, 1.807) is 0 Å². The van der Waals surface area contributed by atoms with Gasteiger partial charge in [-0.2, -0.15) is 8.42 Å². The molecule has 0 saturated heterocycles. The normalized spacial score (nSPS) is 11.4. The Balaban J connectivity index is 0. The van der Waals surface area contributed by atoms with E-state index < -0.39 is 27.3 Å². The van der Waals surface area contributed by atoms with Gasteiger partial charge in [0.25, 0.3) is 10.1 Å². The number of nitrogens with one attached hydrogen (secondary N) is 1. The molecule has 0 fully saturated rings. The number of rotatable bonds is 4. The topological polar surface area (TPSA) is 120 Å². The van der Waals surface area contributed by atoms with Crippen LogP contribution < -0.4 is 11.5 Å². The predicted molar refractivity (Wildman–Crippen MR) is 54.8 cm³/mol. The quantitative estimate of drug-likeness (QED) is 0.471. The Bertz CT molecular complexity index is 308. The number of quaternary nitrogens is 1. The molecule has 84 valence electrons. The van der Waals surface area contributed by atoms with Crippen molar-refractivity contribution in [3.63, 3.8) is 0 Å². The van der Waals surface area contributed by atoms with Crippen LogP contribution in [0.4, 0.5) is 0 Å². The highest BCUT2D eigenvalue weighted by atomic mass is 32.2. The molecule has 0 aliphatic heterocycles. The van der Waals surface area contributed by atoms with E-state index in [9.17, 15) is 13.2 Å². The first-order chi connectivity index (χ1) is 5.66. The van der Waals surface area contributed by atoms with E-state index in [4.69, 9.17) is 4.55 Å². The number of hydrogen-bond donors (Lipinski definition) is 3. The van der Waals surface area contributed by atoms with Gasteiger partial charge in [-0.1, -0.05) is 6.58 Å². The Morgan fingerprint density at radius 3 is 2.29 bits per heavy atom. The van der Waals surface area contributed by atoms with Gasteiger partial charge in [0, 0.05) is 0 Å². The average Bonchev–Trinajstić information content (AvgIpc) is 1.80. The van der Waals surface area contributed by atoms with Crippen molar-refractivity contribution < 1.29 is 17.8 Å². The second kappa shape index (κ2) is 5.08. The van der Waals surface area contributed by atoms with Crippen molar-refractivity contribution in [1.82, 2.24) is 11.5 Å². The zero-order valence-electron chi connectivity index (χ0n) is 8.57. The smallest absolute Gasteiger partial charge is 0.267 e. The lowest BCUT2D eigenvalue weighted by atomic mass is 10.1. The summed E-state index contributed by atoms with van der Waals surface area (Å²) in [5.41, 5.74) is -1.00. The fourth-order valence-corrected chi connectivity index (χ4v) is 1.86. The van der Waals surface area contributed by atoms with Crippen molar-refractivity contribution >= 4 is 16.0 Å². The van der Waals surface area contributed by atoms with E-state index >= 15 is 0 Å². The Morgan fingerprint density at radius 1 is 1.57 bits per heavy atom. The summed E-state index contributed by atoms with van der Waals surface area (Å²) < 4.78 is 29.5. The summed E-state index contributed by atoms with van der Waals surface area (Å²) in [6.45, 7) is 6.19. The van der Waals surface area contributed by atoms with Gasteiger partial charge in [0.05, 0.1) is 11.3 Å². The molecule has 0 radical (unpaired) electrons. The molecule has 0 aromatic carbocycles. The Hall–Kier alpha value is -0.920. The lowest BCUT2D eigenvalue weighted by Crippen LogP contribution is -2.47. The first-order valence-electron chi connectivity index (χ1n) is 3.56. The van der Waals surface area contributed by atoms with Gasteiger partial charge >= 0.3 is 0 Å². The third-order valence-corrected chi connectivity index (χ3v) is 2.28. The minimum absolute atomic E-state index is 0. The molecular formula is C7H17N2O4S+. The zero-order chi connectivity index (χ0) is 10.7. The average molecular weight is 225 g/mol. The molecule has 7 heteroatoms. The van der Waals surface area contributed by atoms with Gasteiger partial charge in [-0.25, -0.2) is 0 Å². The van der Waals surface area contributed by atoms with E-state index in [2.05, 4.69) is 11.9 Å². The first kappa shape index (κ1) is 15.5. The van der Waals surface area contributed by atoms with E-state index in [1.807, 2.05) is 0 Å². The highest BCUT2D eigenvalue weighted by Crippen LogP contribution is 2.05. The molecule has 6 nitrogen and oxygen atoms in total. The monoisotopic (exact) mass is 225 g/mol. The van der Waals surface area contributed by atoms with Crippen LogP contribution in [0.25, 0.3) is 0 Å². The Morgan fingerprint density at radius 2 is 2.00 bits per heavy atom. The molecule has 0 aliphatic rings. The molecule has 0 aliphatic carbocycles. The molecule has 6 N–H and O–H groups in total. The maximum atomic E-state index is 10.8. The summed E-state index contributed by atoms with van der Waals surface area (Å²) in [4.78, 5) is 10.8. The lowest BCUT2D eigenvalue weighted by molar-refractivity contribution is -0.117. The Labute approximate surface area is 83.7 Å². The van der Waals surface area contributed by atoms with Crippen LogP contribution in [-0.2, 0) is 14.9 Å². The van der Waals surface area contributed by atoms with Gasteiger partial charge < -0.3 is 11.5 Å². The standard InChI is InChI=1S/C7H13NO4S.H3N/c1-4-6(9)8-7(2,3)5-13(10,11)12;/h4H,1,5H2,2-3H3,(H,8,9)(H,10,11,12);1H3/p+1. The van der Waals surface area contributed by atoms with Crippen LogP contribution in [0, 0.1) is 0 Å². The van der Waals surface area contributed by atoms with Gasteiger partial charge in [0.15, 0.2) is 0 Å². The molecule has 0 rings (SSSR count). The maximum absolute atomic E-state index is 10.8. The lowest BCUT2D eigenvalue weighted by Gasteiger charge is -2.23. The minimum atomic E-state index is -4.08. The highest BCUT2D eigenvalue weighted by Gasteiger charge is 2.25. The summed E-state index contributed by atoms with van der Waals surface area (Å²) in [5, 5.41) is 2.37. The molecule has 0 unspecified atom stereocenters. The van der Waals surface area contributed by atoms with Crippen LogP contribution in [0.15, 0.2) is 12.7 Å². The number of carbonyl (C=O) groups excluding carboxylic acids is 1. The van der Waals surface area contributed by atoms with Gasteiger partial charge in [0.2, 0.25) is 5.91 Å². The summed E-state index contributed by atoms with van der Waals surface area (Å²) >= 11 is 0. The van der Waals surface area contributed by atoms with Crippen molar-refractivity contribution in [2.24, 2.45) is 0 Å². The number of carbonyl (C=O) groups is 1. The summed E-state index contributed by atoms with van der Waals surface area (Å²) in [6.07, 6.45) is 1.03. The van der Waals surface area contributed by atoms with Crippen LogP contribution in [-0.4, -0.2) is 30.2 Å². The third-order valence-electron chi connectivity index (χ3n) is 1.19. The molecule has 0 spiro atoms. The van der Waals surface area contributed by atoms with E-state index in [1.165, 1.54) is 13.8 Å². The van der Waals surface area contributed by atoms with Crippen LogP contribution in [0.3, 0.4) is 0 Å². The van der Waals surface area contributed by atoms with E-state index in [0.29, 0.717) is 0 Å². The van der Waals surface area contributed by atoms with Gasteiger partial charge in [-0.3, -0.25) is 9.35 Å². The summed E-state index contributed by atoms with van der Waals surface area (Å²) in [5.74, 6) is -1.01. The molecule has 0 saturated carbocycles. The van der Waals surface area contributed by atoms with Gasteiger partial charge in [-0.15, -0.1) is 0 Å². The molecule has 0 heterocycles. The van der Waals surface area contributed by atoms with Crippen LogP contribution >= 0.6 is 0 Å². The fraction of sp³-hybridized carbons (Fsp3) is 0.571. The predicted octanol–water partition coefficient (Wildman–Crippen LogP) is 0.331. The van der Waals surface area contributed by atoms with Crippen LogP contribution in [0.2, 0.25) is 0 Å². The third kappa shape index (κ3) is 7.71. The second-order valence-corrected chi connectivity index (χ2v) is 4.76. The van der Waals surface area contributed by atoms with E-state index in [0.717, 1.165) is 6.08 Å². The Kier molecular flexibility index (Phi) is 5.65. The highest BCUT2D eigenvalue weighted by molar-refractivity contribution is 7.85. The zero-order valence-corrected chi connectivity index (χ0v) is 9.39. The molecule has 1 amide bonds. The molecule has 0 bridgehead atoms. The molecule has 0 atom stereocenters. The molecular weight excluding hydrogens is 208 g/mol. The van der Waals surface area contributed by atoms with Crippen molar-refractivity contribution in [1.29, 1.82) is 0 Å². The molecule has 0 aromatic heterocycles. The molecule has 14 heavy (non-hydrogen) atoms. The van der Waals surface area contributed by atoms with Crippen molar-refractivity contribution in [2.45, 2.75) is 19.4 Å². The van der Waals surface area contributed by atoms with Gasteiger partial charge in [-0.05, 0) is 19.9 Å². The van der Waals surface area contributed by atoms with Crippen LogP contribution in [0.1, 0.15) is 13.8 Å². The summed E-state index contributed by atoms with van der Waals surface area (Å²) in [6, 6.07) is 0. The van der Waals surface area contributed by atoms with Crippen molar-refractivity contribution in [3.05, 3.63) is 12.7 Å². The molecule has 0 aromatic rings. The summed E-state index contributed by atoms with van der Waals surface area (Å²) in [7, 11) is -4.08. The van der Waals surface area contributed by atoms with E-state index in [-0.39, 0.29) is 6.15 Å². The second-order valence-electron chi connectivity index (χ2n) is 3.30. The minimum Gasteiger partial charge on any atom is -0.369 e. The first-order valence-corrected chi connectivity index (χ1v) is 5.17. The van der Waals surface area contributed by atoms with Crippen LogP contribution in [0.5, 0.6) is 0 Å². The van der Waals surface area contributed by atoms with Crippen molar-refractivity contribution in [3.8, 4) is 0 Å². The van der Waals surface area contributed by atoms with Crippen molar-refractivity contribution in [2.75, 3.05) is 5.75 Å². The number of amides is 1.